The second-order valence-corrected chi connectivity index (χ2v) is 6.95. The van der Waals surface area contributed by atoms with E-state index >= 15 is 0 Å². The summed E-state index contributed by atoms with van der Waals surface area (Å²) in [6.07, 6.45) is 3.40. The molecule has 3 rings (SSSR count). The van der Waals surface area contributed by atoms with Gasteiger partial charge in [-0.3, -0.25) is 0 Å². The molecule has 0 atom stereocenters. The summed E-state index contributed by atoms with van der Waals surface area (Å²) in [6.45, 7) is 2.21. The van der Waals surface area contributed by atoms with Gasteiger partial charge in [-0.2, -0.15) is 0 Å². The van der Waals surface area contributed by atoms with Crippen molar-refractivity contribution in [2.45, 2.75) is 13.3 Å². The molecule has 0 aromatic heterocycles. The van der Waals surface area contributed by atoms with Crippen molar-refractivity contribution in [1.29, 1.82) is 0 Å². The molecule has 0 radical (unpaired) electrons. The van der Waals surface area contributed by atoms with Crippen LogP contribution in [0.15, 0.2) is 54.6 Å². The molecule has 0 spiro atoms. The molecule has 0 heterocycles. The van der Waals surface area contributed by atoms with E-state index in [4.69, 9.17) is 18.6 Å². The van der Waals surface area contributed by atoms with E-state index in [-0.39, 0.29) is 0 Å². The van der Waals surface area contributed by atoms with Crippen LogP contribution in [0.5, 0.6) is 0 Å². The van der Waals surface area contributed by atoms with Crippen LogP contribution in [-0.2, 0) is 23.5 Å². The van der Waals surface area contributed by atoms with Crippen LogP contribution in [0, 0.1) is 0 Å². The molecule has 0 aliphatic heterocycles. The van der Waals surface area contributed by atoms with Crippen molar-refractivity contribution < 1.29 is 17.0 Å². The molecule has 0 saturated heterocycles. The number of benzene rings is 2. The van der Waals surface area contributed by atoms with Gasteiger partial charge in [-0.05, 0) is 41.2 Å². The quantitative estimate of drug-likeness (QED) is 0.591. The second-order valence-electron chi connectivity index (χ2n) is 4.37. The van der Waals surface area contributed by atoms with Gasteiger partial charge in [0, 0.05) is 0 Å². The summed E-state index contributed by atoms with van der Waals surface area (Å²) in [4.78, 5) is 0. The molecule has 96 valence electrons. The van der Waals surface area contributed by atoms with Crippen molar-refractivity contribution >= 4 is 24.2 Å². The predicted octanol–water partition coefficient (Wildman–Crippen LogP) is 5.69. The molecule has 2 aromatic carbocycles. The summed E-state index contributed by atoms with van der Waals surface area (Å²) >= 11 is -0.556. The van der Waals surface area contributed by atoms with Crippen molar-refractivity contribution in [1.82, 2.24) is 0 Å². The normalized spacial score (nSPS) is 12.1. The first-order valence-electron chi connectivity index (χ1n) is 6.08. The Morgan fingerprint density at radius 2 is 1.63 bits per heavy atom. The Morgan fingerprint density at radius 3 is 2.32 bits per heavy atom. The van der Waals surface area contributed by atoms with E-state index in [1.54, 1.807) is 0 Å². The van der Waals surface area contributed by atoms with Gasteiger partial charge >= 0.3 is 35.6 Å². The average molecular weight is 325 g/mol. The number of halogens is 2. The zero-order valence-corrected chi connectivity index (χ0v) is 13.7. The predicted molar refractivity (Wildman–Crippen MR) is 80.9 cm³/mol. The van der Waals surface area contributed by atoms with E-state index in [1.807, 2.05) is 0 Å². The third-order valence-electron chi connectivity index (χ3n) is 3.26. The van der Waals surface area contributed by atoms with Crippen molar-refractivity contribution in [2.24, 2.45) is 0 Å². The summed E-state index contributed by atoms with van der Waals surface area (Å²) in [5.41, 5.74) is 6.99. The fourth-order valence-electron chi connectivity index (χ4n) is 2.46. The molecular weight excluding hydrogens is 311 g/mol. The number of fused-ring (bicyclic) bond motifs is 1. The zero-order valence-electron chi connectivity index (χ0n) is 10.7. The zero-order chi connectivity index (χ0) is 13.7. The van der Waals surface area contributed by atoms with Crippen LogP contribution in [0.4, 0.5) is 0 Å². The molecule has 3 heteroatoms. The van der Waals surface area contributed by atoms with E-state index < -0.39 is 17.0 Å². The second kappa shape index (κ2) is 7.31. The first-order valence-corrected chi connectivity index (χ1v) is 10.4. The van der Waals surface area contributed by atoms with Gasteiger partial charge in [-0.25, -0.2) is 0 Å². The summed E-state index contributed by atoms with van der Waals surface area (Å²) in [5, 5.41) is 0. The Bertz CT molecular complexity index is 577. The minimum absolute atomic E-state index is 0.556. The molecule has 2 aromatic rings. The molecule has 0 nitrogen and oxygen atoms in total. The Hall–Kier alpha value is -0.526. The van der Waals surface area contributed by atoms with Gasteiger partial charge in [0.05, 0.1) is 0 Å². The molecule has 1 aliphatic carbocycles. The van der Waals surface area contributed by atoms with Gasteiger partial charge in [-0.15, -0.1) is 0 Å². The average Bonchev–Trinajstić information content (AvgIpc) is 2.83. The molecule has 1 aliphatic rings. The standard InChI is InChI=1S/C16H14.2ClH.Ti/c1-12-10-11-14-8-5-9-15(16(12)14)13-6-3-2-4-7-13;;;/h2-10H,11H2,1H3;2*1H;/q;;;+2/p-2. The van der Waals surface area contributed by atoms with E-state index in [9.17, 15) is 0 Å². The van der Waals surface area contributed by atoms with Crippen LogP contribution in [0.1, 0.15) is 18.1 Å². The summed E-state index contributed by atoms with van der Waals surface area (Å²) in [5.74, 6) is 0. The Morgan fingerprint density at radius 1 is 0.947 bits per heavy atom. The van der Waals surface area contributed by atoms with Gasteiger partial charge in [0.1, 0.15) is 0 Å². The molecule has 19 heavy (non-hydrogen) atoms. The van der Waals surface area contributed by atoms with Gasteiger partial charge in [0.2, 0.25) is 0 Å². The third-order valence-corrected chi connectivity index (χ3v) is 3.26. The first kappa shape index (κ1) is 14.9. The van der Waals surface area contributed by atoms with Crippen LogP contribution in [0.3, 0.4) is 0 Å². The Balaban J connectivity index is 0.000000408. The monoisotopic (exact) mass is 324 g/mol. The maximum absolute atomic E-state index is 4.89. The molecule has 0 unspecified atom stereocenters. The van der Waals surface area contributed by atoms with Gasteiger partial charge < -0.3 is 0 Å². The topological polar surface area (TPSA) is 0 Å². The van der Waals surface area contributed by atoms with Crippen LogP contribution in [0.25, 0.3) is 16.7 Å². The van der Waals surface area contributed by atoms with Crippen molar-refractivity contribution in [3.8, 4) is 11.1 Å². The van der Waals surface area contributed by atoms with E-state index in [1.165, 1.54) is 27.8 Å². The third kappa shape index (κ3) is 3.52. The van der Waals surface area contributed by atoms with E-state index in [0.29, 0.717) is 0 Å². The number of hydrogen-bond donors (Lipinski definition) is 0. The van der Waals surface area contributed by atoms with Crippen LogP contribution in [0.2, 0.25) is 0 Å². The molecule has 0 amide bonds. The molecule has 0 N–H and O–H groups in total. The molecule has 0 bridgehead atoms. The Kier molecular flexibility index (Phi) is 5.72. The SMILES string of the molecule is CC1=CCc2cccc(-c3ccccc3)c21.[Cl][Ti][Cl]. The van der Waals surface area contributed by atoms with Gasteiger partial charge in [0.15, 0.2) is 0 Å². The molecule has 0 fully saturated rings. The maximum atomic E-state index is 4.89. The minimum atomic E-state index is -0.556. The summed E-state index contributed by atoms with van der Waals surface area (Å²) in [7, 11) is 9.78. The van der Waals surface area contributed by atoms with Crippen molar-refractivity contribution in [3.63, 3.8) is 0 Å². The van der Waals surface area contributed by atoms with Crippen molar-refractivity contribution in [3.05, 3.63) is 65.7 Å². The number of rotatable bonds is 1. The van der Waals surface area contributed by atoms with Gasteiger partial charge in [-0.1, -0.05) is 54.6 Å². The number of hydrogen-bond acceptors (Lipinski definition) is 0. The van der Waals surface area contributed by atoms with E-state index in [2.05, 4.69) is 61.5 Å². The van der Waals surface area contributed by atoms with Crippen LogP contribution >= 0.6 is 18.6 Å². The fourth-order valence-corrected chi connectivity index (χ4v) is 2.46. The Labute approximate surface area is 131 Å². The first-order chi connectivity index (χ1) is 9.27. The molecular formula is C16H14Cl2Ti. The molecule has 0 saturated carbocycles. The van der Waals surface area contributed by atoms with E-state index in [0.717, 1.165) is 6.42 Å². The summed E-state index contributed by atoms with van der Waals surface area (Å²) in [6, 6.07) is 17.2. The van der Waals surface area contributed by atoms with Crippen LogP contribution in [-0.4, -0.2) is 0 Å². The summed E-state index contributed by atoms with van der Waals surface area (Å²) < 4.78 is 0. The fraction of sp³-hybridized carbons (Fsp3) is 0.125. The number of allylic oxidation sites excluding steroid dienone is 2. The van der Waals surface area contributed by atoms with Crippen molar-refractivity contribution in [2.75, 3.05) is 0 Å². The van der Waals surface area contributed by atoms with Crippen LogP contribution < -0.4 is 0 Å². The van der Waals surface area contributed by atoms with Gasteiger partial charge in [0.25, 0.3) is 0 Å².